The number of carbonyl (C=O) groups excluding carboxylic acids is 1. The largest absolute Gasteiger partial charge is 0.438 e. The molecule has 4 nitrogen and oxygen atoms in total. The molecule has 0 aromatic heterocycles. The van der Waals surface area contributed by atoms with Crippen LogP contribution in [0.4, 0.5) is 0 Å². The first-order valence-electron chi connectivity index (χ1n) is 17.4. The van der Waals surface area contributed by atoms with Crippen molar-refractivity contribution in [3.8, 4) is 0 Å². The van der Waals surface area contributed by atoms with Gasteiger partial charge in [0.05, 0.1) is 6.61 Å². The van der Waals surface area contributed by atoms with E-state index in [1.807, 2.05) is 30.3 Å². The van der Waals surface area contributed by atoms with Crippen molar-refractivity contribution >= 4 is 24.7 Å². The minimum atomic E-state index is -2.50. The van der Waals surface area contributed by atoms with E-state index in [0.29, 0.717) is 18.4 Å². The van der Waals surface area contributed by atoms with Crippen LogP contribution in [0.2, 0.25) is 5.04 Å². The van der Waals surface area contributed by atoms with E-state index in [0.717, 1.165) is 31.4 Å². The van der Waals surface area contributed by atoms with Crippen LogP contribution in [-0.2, 0) is 25.3 Å². The summed E-state index contributed by atoms with van der Waals surface area (Å²) in [5.41, 5.74) is 1.48. The highest BCUT2D eigenvalue weighted by Crippen LogP contribution is 2.44. The third kappa shape index (κ3) is 10.4. The standard InChI is InChI=1S/C40H56O4Si/c1-39(2,3)45(36-23-13-8-14-24-36,37-25-15-9-16-26-37)44-32-31-40(29-19-10-20-30-40)28-18-6-4-5-17-27-38(41)43-34-42-33-35-21-11-7-12-22-35/h7-9,11-16,21-26H,4-6,10,17-20,27-34H2,1-3H3. The molecule has 0 amide bonds. The van der Waals surface area contributed by atoms with E-state index in [1.54, 1.807) is 0 Å². The minimum absolute atomic E-state index is 0.0110. The predicted molar refractivity (Wildman–Crippen MR) is 188 cm³/mol. The second kappa shape index (κ2) is 17.8. The lowest BCUT2D eigenvalue weighted by atomic mass is 9.69. The summed E-state index contributed by atoms with van der Waals surface area (Å²) in [5, 5.41) is 2.74. The van der Waals surface area contributed by atoms with Crippen LogP contribution in [0.1, 0.15) is 110 Å². The number of benzene rings is 3. The van der Waals surface area contributed by atoms with Crippen LogP contribution in [0, 0.1) is 5.41 Å². The van der Waals surface area contributed by atoms with Crippen molar-refractivity contribution in [3.63, 3.8) is 0 Å². The molecule has 0 radical (unpaired) electrons. The van der Waals surface area contributed by atoms with Gasteiger partial charge in [0.2, 0.25) is 0 Å². The molecular weight excluding hydrogens is 573 g/mol. The van der Waals surface area contributed by atoms with E-state index in [-0.39, 0.29) is 17.8 Å². The average molecular weight is 629 g/mol. The fourth-order valence-electron chi connectivity index (χ4n) is 7.32. The molecule has 45 heavy (non-hydrogen) atoms. The highest BCUT2D eigenvalue weighted by molar-refractivity contribution is 6.99. The molecule has 244 valence electrons. The first-order chi connectivity index (χ1) is 21.8. The molecular formula is C40H56O4Si. The number of rotatable bonds is 18. The monoisotopic (exact) mass is 628 g/mol. The van der Waals surface area contributed by atoms with Gasteiger partial charge in [-0.3, -0.25) is 4.79 Å². The summed E-state index contributed by atoms with van der Waals surface area (Å²) < 4.78 is 18.0. The van der Waals surface area contributed by atoms with Crippen molar-refractivity contribution in [2.24, 2.45) is 5.41 Å². The van der Waals surface area contributed by atoms with E-state index in [9.17, 15) is 4.79 Å². The van der Waals surface area contributed by atoms with Crippen molar-refractivity contribution in [3.05, 3.63) is 96.6 Å². The van der Waals surface area contributed by atoms with Crippen molar-refractivity contribution in [2.45, 2.75) is 116 Å². The Bertz CT molecular complexity index is 1190. The van der Waals surface area contributed by atoms with Crippen LogP contribution >= 0.6 is 0 Å². The fourth-order valence-corrected chi connectivity index (χ4v) is 11.9. The second-order valence-corrected chi connectivity index (χ2v) is 18.4. The molecule has 3 aromatic carbocycles. The van der Waals surface area contributed by atoms with E-state index < -0.39 is 8.32 Å². The molecule has 0 atom stereocenters. The van der Waals surface area contributed by atoms with Crippen LogP contribution in [0.25, 0.3) is 0 Å². The van der Waals surface area contributed by atoms with Crippen LogP contribution in [0.15, 0.2) is 91.0 Å². The minimum Gasteiger partial charge on any atom is -0.438 e. The van der Waals surface area contributed by atoms with E-state index in [4.69, 9.17) is 13.9 Å². The van der Waals surface area contributed by atoms with Crippen molar-refractivity contribution < 1.29 is 18.7 Å². The summed E-state index contributed by atoms with van der Waals surface area (Å²) in [4.78, 5) is 12.1. The Morgan fingerprint density at radius 3 is 1.87 bits per heavy atom. The van der Waals surface area contributed by atoms with Gasteiger partial charge < -0.3 is 13.9 Å². The maximum absolute atomic E-state index is 12.1. The van der Waals surface area contributed by atoms with Gasteiger partial charge in [-0.05, 0) is 58.5 Å². The Morgan fingerprint density at radius 2 is 1.27 bits per heavy atom. The molecule has 0 bridgehead atoms. The topological polar surface area (TPSA) is 44.8 Å². The first kappa shape index (κ1) is 35.1. The van der Waals surface area contributed by atoms with Crippen LogP contribution < -0.4 is 10.4 Å². The van der Waals surface area contributed by atoms with Gasteiger partial charge in [-0.2, -0.15) is 0 Å². The van der Waals surface area contributed by atoms with Gasteiger partial charge in [-0.15, -0.1) is 0 Å². The van der Waals surface area contributed by atoms with Crippen molar-refractivity contribution in [1.82, 2.24) is 0 Å². The molecule has 4 rings (SSSR count). The summed E-state index contributed by atoms with van der Waals surface area (Å²) in [7, 11) is -2.50. The first-order valence-corrected chi connectivity index (χ1v) is 19.3. The zero-order chi connectivity index (χ0) is 31.9. The van der Waals surface area contributed by atoms with E-state index in [1.165, 1.54) is 68.2 Å². The Labute approximate surface area is 274 Å². The number of hydrogen-bond acceptors (Lipinski definition) is 4. The SMILES string of the molecule is CC(C)(C)[Si](OCCC1(CCCCCCCC(=O)OCOCc2ccccc2)CCCCC1)(c1ccccc1)c1ccccc1. The van der Waals surface area contributed by atoms with E-state index >= 15 is 0 Å². The summed E-state index contributed by atoms with van der Waals surface area (Å²) in [6, 6.07) is 32.0. The molecule has 3 aromatic rings. The van der Waals surface area contributed by atoms with Gasteiger partial charge >= 0.3 is 5.97 Å². The molecule has 0 aliphatic heterocycles. The van der Waals surface area contributed by atoms with Crippen molar-refractivity contribution in [1.29, 1.82) is 0 Å². The molecule has 1 saturated carbocycles. The molecule has 0 spiro atoms. The molecule has 0 unspecified atom stereocenters. The molecule has 5 heteroatoms. The smallest absolute Gasteiger partial charge is 0.307 e. The summed E-state index contributed by atoms with van der Waals surface area (Å²) in [6.07, 6.45) is 15.2. The lowest BCUT2D eigenvalue weighted by Crippen LogP contribution is -2.66. The van der Waals surface area contributed by atoms with Gasteiger partial charge in [0.25, 0.3) is 8.32 Å². The lowest BCUT2D eigenvalue weighted by molar-refractivity contribution is -0.157. The second-order valence-electron chi connectivity index (χ2n) is 14.1. The molecule has 1 aliphatic carbocycles. The quantitative estimate of drug-likeness (QED) is 0.0609. The Kier molecular flexibility index (Phi) is 13.9. The highest BCUT2D eigenvalue weighted by atomic mass is 28.4. The van der Waals surface area contributed by atoms with Gasteiger partial charge in [0.1, 0.15) is 0 Å². The normalized spacial score (nSPS) is 15.1. The third-order valence-electron chi connectivity index (χ3n) is 9.78. The van der Waals surface area contributed by atoms with Gasteiger partial charge in [-0.1, -0.05) is 157 Å². The van der Waals surface area contributed by atoms with Gasteiger partial charge in [0.15, 0.2) is 6.79 Å². The molecule has 0 N–H and O–H groups in total. The zero-order valence-corrected chi connectivity index (χ0v) is 29.1. The van der Waals surface area contributed by atoms with Gasteiger partial charge in [-0.25, -0.2) is 0 Å². The summed E-state index contributed by atoms with van der Waals surface area (Å²) >= 11 is 0. The van der Waals surface area contributed by atoms with Gasteiger partial charge in [0, 0.05) is 13.0 Å². The molecule has 1 fully saturated rings. The van der Waals surface area contributed by atoms with Crippen molar-refractivity contribution in [2.75, 3.05) is 13.4 Å². The predicted octanol–water partition coefficient (Wildman–Crippen LogP) is 9.35. The fraction of sp³-hybridized carbons (Fsp3) is 0.525. The maximum Gasteiger partial charge on any atom is 0.307 e. The maximum atomic E-state index is 12.1. The third-order valence-corrected chi connectivity index (χ3v) is 14.8. The Morgan fingerprint density at radius 1 is 0.711 bits per heavy atom. The zero-order valence-electron chi connectivity index (χ0n) is 28.1. The molecule has 0 heterocycles. The number of carbonyl (C=O) groups is 1. The molecule has 1 aliphatic rings. The number of esters is 1. The van der Waals surface area contributed by atoms with E-state index in [2.05, 4.69) is 81.4 Å². The Hall–Kier alpha value is -2.73. The summed E-state index contributed by atoms with van der Waals surface area (Å²) in [6.45, 7) is 8.42. The summed E-state index contributed by atoms with van der Waals surface area (Å²) in [5.74, 6) is -0.162. The Balaban J connectivity index is 1.22. The number of hydrogen-bond donors (Lipinski definition) is 0. The average Bonchev–Trinajstić information content (AvgIpc) is 3.06. The van der Waals surface area contributed by atoms with Crippen LogP contribution in [0.5, 0.6) is 0 Å². The highest BCUT2D eigenvalue weighted by Gasteiger charge is 2.50. The van der Waals surface area contributed by atoms with Crippen LogP contribution in [-0.4, -0.2) is 27.7 Å². The molecule has 0 saturated heterocycles. The number of ether oxygens (including phenoxy) is 2. The lowest BCUT2D eigenvalue weighted by Gasteiger charge is -2.44. The number of unbranched alkanes of at least 4 members (excludes halogenated alkanes) is 4. The van der Waals surface area contributed by atoms with Crippen LogP contribution in [0.3, 0.4) is 0 Å².